The van der Waals surface area contributed by atoms with Crippen LogP contribution in [-0.2, 0) is 12.8 Å². The Morgan fingerprint density at radius 3 is 2.53 bits per heavy atom. The van der Waals surface area contributed by atoms with Crippen LogP contribution in [0.25, 0.3) is 21.9 Å². The van der Waals surface area contributed by atoms with Crippen molar-refractivity contribution in [3.05, 3.63) is 96.2 Å². The summed E-state index contributed by atoms with van der Waals surface area (Å²) < 4.78 is 5.32. The maximum Gasteiger partial charge on any atom is 0.138 e. The van der Waals surface area contributed by atoms with Crippen molar-refractivity contribution >= 4 is 33.3 Å². The summed E-state index contributed by atoms with van der Waals surface area (Å²) in [7, 11) is 1.67. The number of hydrogen-bond acceptors (Lipinski definition) is 3. The van der Waals surface area contributed by atoms with Crippen molar-refractivity contribution in [3.8, 4) is 5.75 Å². The van der Waals surface area contributed by atoms with Crippen LogP contribution < -0.4 is 10.1 Å². The minimum atomic E-state index is 0.823. The summed E-state index contributed by atoms with van der Waals surface area (Å²) in [6, 6.07) is 27.3. The first-order valence-corrected chi connectivity index (χ1v) is 10.1. The van der Waals surface area contributed by atoms with Crippen LogP contribution in [0, 0.1) is 0 Å². The van der Waals surface area contributed by atoms with Crippen molar-refractivity contribution in [2.24, 2.45) is 0 Å². The first-order chi connectivity index (χ1) is 14.8. The van der Waals surface area contributed by atoms with Crippen LogP contribution in [-0.4, -0.2) is 17.1 Å². The van der Waals surface area contributed by atoms with E-state index in [2.05, 4.69) is 69.9 Å². The Bertz CT molecular complexity index is 1310. The monoisotopic (exact) mass is 393 g/mol. The maximum atomic E-state index is 5.32. The molecule has 2 aromatic heterocycles. The number of hydrogen-bond donors (Lipinski definition) is 2. The molecule has 0 radical (unpaired) electrons. The SMILES string of the molecule is COc1cccc(Nc2cnc3[nH]c4ccc(CCc5ccccc5)cc4c3c2)c1. The molecule has 30 heavy (non-hydrogen) atoms. The second-order valence-corrected chi connectivity index (χ2v) is 7.47. The Morgan fingerprint density at radius 1 is 0.800 bits per heavy atom. The first-order valence-electron chi connectivity index (χ1n) is 10.1. The molecule has 5 rings (SSSR count). The van der Waals surface area contributed by atoms with Gasteiger partial charge in [-0.15, -0.1) is 0 Å². The summed E-state index contributed by atoms with van der Waals surface area (Å²) in [6.45, 7) is 0. The fraction of sp³-hybridized carbons (Fsp3) is 0.115. The van der Waals surface area contributed by atoms with Crippen LogP contribution in [0.15, 0.2) is 85.1 Å². The number of rotatable bonds is 6. The molecule has 0 aliphatic carbocycles. The minimum absolute atomic E-state index is 0.823. The topological polar surface area (TPSA) is 49.9 Å². The van der Waals surface area contributed by atoms with Crippen molar-refractivity contribution in [1.29, 1.82) is 0 Å². The molecule has 4 nitrogen and oxygen atoms in total. The molecular weight excluding hydrogens is 370 g/mol. The molecule has 0 aliphatic heterocycles. The zero-order chi connectivity index (χ0) is 20.3. The summed E-state index contributed by atoms with van der Waals surface area (Å²) in [6.07, 6.45) is 3.91. The fourth-order valence-corrected chi connectivity index (χ4v) is 3.85. The molecule has 0 amide bonds. The van der Waals surface area contributed by atoms with Crippen LogP contribution in [0.3, 0.4) is 0 Å². The first kappa shape index (κ1) is 18.3. The van der Waals surface area contributed by atoms with Gasteiger partial charge in [0.15, 0.2) is 0 Å². The van der Waals surface area contributed by atoms with Gasteiger partial charge in [0.2, 0.25) is 0 Å². The predicted molar refractivity (Wildman–Crippen MR) is 124 cm³/mol. The lowest BCUT2D eigenvalue weighted by atomic mass is 10.0. The summed E-state index contributed by atoms with van der Waals surface area (Å²) >= 11 is 0. The van der Waals surface area contributed by atoms with Gasteiger partial charge < -0.3 is 15.0 Å². The van der Waals surface area contributed by atoms with E-state index in [1.54, 1.807) is 7.11 Å². The number of methoxy groups -OCH3 is 1. The highest BCUT2D eigenvalue weighted by Gasteiger charge is 2.08. The number of aromatic amines is 1. The van der Waals surface area contributed by atoms with Gasteiger partial charge >= 0.3 is 0 Å². The summed E-state index contributed by atoms with van der Waals surface area (Å²) in [5.74, 6) is 0.823. The van der Waals surface area contributed by atoms with Crippen molar-refractivity contribution in [3.63, 3.8) is 0 Å². The number of anilines is 2. The van der Waals surface area contributed by atoms with Gasteiger partial charge in [-0.2, -0.15) is 0 Å². The van der Waals surface area contributed by atoms with Crippen molar-refractivity contribution in [1.82, 2.24) is 9.97 Å². The lowest BCUT2D eigenvalue weighted by molar-refractivity contribution is 0.415. The van der Waals surface area contributed by atoms with E-state index in [9.17, 15) is 0 Å². The smallest absolute Gasteiger partial charge is 0.138 e. The Balaban J connectivity index is 1.45. The lowest BCUT2D eigenvalue weighted by Gasteiger charge is -2.08. The van der Waals surface area contributed by atoms with Gasteiger partial charge in [0.25, 0.3) is 0 Å². The number of aromatic nitrogens is 2. The van der Waals surface area contributed by atoms with E-state index in [0.29, 0.717) is 0 Å². The van der Waals surface area contributed by atoms with E-state index in [-0.39, 0.29) is 0 Å². The van der Waals surface area contributed by atoms with E-state index in [0.717, 1.165) is 46.5 Å². The Kier molecular flexibility index (Phi) is 4.81. The number of aryl methyl sites for hydroxylation is 2. The van der Waals surface area contributed by atoms with E-state index in [4.69, 9.17) is 4.74 Å². The second-order valence-electron chi connectivity index (χ2n) is 7.47. The van der Waals surface area contributed by atoms with Gasteiger partial charge in [0.1, 0.15) is 11.4 Å². The molecule has 5 aromatic rings. The highest BCUT2D eigenvalue weighted by atomic mass is 16.5. The van der Waals surface area contributed by atoms with Gasteiger partial charge in [-0.05, 0) is 54.3 Å². The molecule has 0 bridgehead atoms. The molecule has 0 spiro atoms. The van der Waals surface area contributed by atoms with E-state index in [1.165, 1.54) is 16.5 Å². The van der Waals surface area contributed by atoms with Crippen molar-refractivity contribution in [2.45, 2.75) is 12.8 Å². The molecule has 0 unspecified atom stereocenters. The molecule has 148 valence electrons. The van der Waals surface area contributed by atoms with Crippen LogP contribution in [0.2, 0.25) is 0 Å². The van der Waals surface area contributed by atoms with Crippen molar-refractivity contribution < 1.29 is 4.74 Å². The predicted octanol–water partition coefficient (Wildman–Crippen LogP) is 6.25. The molecule has 0 saturated heterocycles. The van der Waals surface area contributed by atoms with Crippen LogP contribution in [0.4, 0.5) is 11.4 Å². The molecule has 2 N–H and O–H groups in total. The molecule has 2 heterocycles. The van der Waals surface area contributed by atoms with Gasteiger partial charge in [-0.1, -0.05) is 42.5 Å². The third-order valence-corrected chi connectivity index (χ3v) is 5.42. The molecule has 0 aliphatic rings. The number of H-pyrrole nitrogens is 1. The molecular formula is C26H23N3O. The number of nitrogens with zero attached hydrogens (tertiary/aromatic N) is 1. The highest BCUT2D eigenvalue weighted by molar-refractivity contribution is 6.07. The summed E-state index contributed by atoms with van der Waals surface area (Å²) in [5, 5.41) is 5.76. The highest BCUT2D eigenvalue weighted by Crippen LogP contribution is 2.29. The Labute approximate surface area is 175 Å². The van der Waals surface area contributed by atoms with Crippen molar-refractivity contribution in [2.75, 3.05) is 12.4 Å². The fourth-order valence-electron chi connectivity index (χ4n) is 3.85. The number of fused-ring (bicyclic) bond motifs is 3. The average Bonchev–Trinajstić information content (AvgIpc) is 3.16. The third-order valence-electron chi connectivity index (χ3n) is 5.42. The summed E-state index contributed by atoms with van der Waals surface area (Å²) in [4.78, 5) is 8.06. The summed E-state index contributed by atoms with van der Waals surface area (Å²) in [5.41, 5.74) is 6.63. The van der Waals surface area contributed by atoms with E-state index in [1.807, 2.05) is 30.5 Å². The number of benzene rings is 3. The minimum Gasteiger partial charge on any atom is -0.497 e. The van der Waals surface area contributed by atoms with Crippen LogP contribution in [0.1, 0.15) is 11.1 Å². The van der Waals surface area contributed by atoms with Crippen LogP contribution in [0.5, 0.6) is 5.75 Å². The molecule has 0 saturated carbocycles. The average molecular weight is 393 g/mol. The third kappa shape index (κ3) is 3.72. The normalized spacial score (nSPS) is 11.1. The number of ether oxygens (including phenoxy) is 1. The zero-order valence-corrected chi connectivity index (χ0v) is 16.9. The Hall–Kier alpha value is -3.79. The second kappa shape index (κ2) is 7.91. The van der Waals surface area contributed by atoms with Gasteiger partial charge in [-0.25, -0.2) is 4.98 Å². The molecule has 0 atom stereocenters. The quantitative estimate of drug-likeness (QED) is 0.358. The van der Waals surface area contributed by atoms with Gasteiger partial charge in [0, 0.05) is 28.0 Å². The number of pyridine rings is 1. The number of nitrogens with one attached hydrogen (secondary N) is 2. The maximum absolute atomic E-state index is 5.32. The van der Waals surface area contributed by atoms with Gasteiger partial charge in [-0.3, -0.25) is 0 Å². The molecule has 4 heteroatoms. The largest absolute Gasteiger partial charge is 0.497 e. The lowest BCUT2D eigenvalue weighted by Crippen LogP contribution is -1.92. The molecule has 3 aromatic carbocycles. The van der Waals surface area contributed by atoms with Gasteiger partial charge in [0.05, 0.1) is 19.0 Å². The zero-order valence-electron chi connectivity index (χ0n) is 16.9. The standard InChI is InChI=1S/C26H23N3O/c1-30-22-9-5-8-20(15-22)28-21-16-24-23-14-19(11-10-18-6-3-2-4-7-18)12-13-25(23)29-26(24)27-17-21/h2-9,12-17,28H,10-11H2,1H3,(H,27,29). The molecule has 0 fully saturated rings. The Morgan fingerprint density at radius 2 is 1.67 bits per heavy atom. The van der Waals surface area contributed by atoms with E-state index >= 15 is 0 Å². The van der Waals surface area contributed by atoms with Crippen LogP contribution >= 0.6 is 0 Å². The van der Waals surface area contributed by atoms with E-state index < -0.39 is 0 Å².